The largest absolute Gasteiger partial charge is 0.378 e. The molecule has 4 aromatic rings. The zero-order chi connectivity index (χ0) is 21.4. The fourth-order valence-corrected chi connectivity index (χ4v) is 5.78. The molecule has 0 unspecified atom stereocenters. The van der Waals surface area contributed by atoms with E-state index in [2.05, 4.69) is 60.5 Å². The summed E-state index contributed by atoms with van der Waals surface area (Å²) in [5, 5.41) is 4.84. The molecule has 0 spiro atoms. The Bertz CT molecular complexity index is 1230. The van der Waals surface area contributed by atoms with Crippen LogP contribution in [0.5, 0.6) is 0 Å². The van der Waals surface area contributed by atoms with Crippen LogP contribution in [0.25, 0.3) is 20.4 Å². The third-order valence-corrected chi connectivity index (χ3v) is 7.28. The third-order valence-electron chi connectivity index (χ3n) is 6.20. The second kappa shape index (κ2) is 8.42. The van der Waals surface area contributed by atoms with Gasteiger partial charge in [-0.25, -0.2) is 15.0 Å². The minimum Gasteiger partial charge on any atom is -0.378 e. The molecule has 0 atom stereocenters. The highest BCUT2D eigenvalue weighted by Gasteiger charge is 2.23. The van der Waals surface area contributed by atoms with E-state index in [0.29, 0.717) is 0 Å². The molecule has 6 heteroatoms. The van der Waals surface area contributed by atoms with Crippen LogP contribution in [0, 0.1) is 0 Å². The molecule has 1 aromatic carbocycles. The highest BCUT2D eigenvalue weighted by molar-refractivity contribution is 7.26. The Balaban J connectivity index is 1.43. The van der Waals surface area contributed by atoms with E-state index in [1.54, 1.807) is 17.7 Å². The number of nitrogens with one attached hydrogen (secondary N) is 1. The average Bonchev–Trinajstić information content (AvgIpc) is 3.39. The van der Waals surface area contributed by atoms with Crippen molar-refractivity contribution in [3.8, 4) is 0 Å². The maximum Gasteiger partial charge on any atom is 0.147 e. The standard InChI is InChI=1S/C25H29N5S/c1-4-6-20-18-7-5-8-19(18)21-22-23(31-25(21)29-20)24(28-15-27-22)26-14-13-16-9-11-17(12-10-16)30(2)3/h9-12,15H,4-8,13-14H2,1-3H3,(H,26,27,28). The lowest BCUT2D eigenvalue weighted by Crippen LogP contribution is -2.09. The van der Waals surface area contributed by atoms with Gasteiger partial charge in [-0.05, 0) is 60.9 Å². The highest BCUT2D eigenvalue weighted by atomic mass is 32.1. The summed E-state index contributed by atoms with van der Waals surface area (Å²) in [7, 11) is 4.13. The maximum absolute atomic E-state index is 5.08. The second-order valence-electron chi connectivity index (χ2n) is 8.54. The monoisotopic (exact) mass is 431 g/mol. The summed E-state index contributed by atoms with van der Waals surface area (Å²) in [6.45, 7) is 3.08. The molecule has 3 aromatic heterocycles. The molecule has 0 saturated heterocycles. The average molecular weight is 432 g/mol. The molecule has 31 heavy (non-hydrogen) atoms. The number of pyridine rings is 1. The van der Waals surface area contributed by atoms with Gasteiger partial charge in [0, 0.05) is 37.4 Å². The van der Waals surface area contributed by atoms with Gasteiger partial charge in [-0.1, -0.05) is 25.5 Å². The van der Waals surface area contributed by atoms with E-state index in [9.17, 15) is 0 Å². The number of hydrogen-bond donors (Lipinski definition) is 1. The summed E-state index contributed by atoms with van der Waals surface area (Å²) in [6, 6.07) is 8.75. The summed E-state index contributed by atoms with van der Waals surface area (Å²) < 4.78 is 1.13. The van der Waals surface area contributed by atoms with Gasteiger partial charge in [0.25, 0.3) is 0 Å². The van der Waals surface area contributed by atoms with Gasteiger partial charge < -0.3 is 10.2 Å². The second-order valence-corrected chi connectivity index (χ2v) is 9.54. The van der Waals surface area contributed by atoms with Crippen LogP contribution in [0.3, 0.4) is 0 Å². The van der Waals surface area contributed by atoms with Crippen LogP contribution in [0.2, 0.25) is 0 Å². The Morgan fingerprint density at radius 2 is 1.84 bits per heavy atom. The molecule has 0 radical (unpaired) electrons. The van der Waals surface area contributed by atoms with Gasteiger partial charge >= 0.3 is 0 Å². The normalized spacial score (nSPS) is 13.1. The molecule has 0 bridgehead atoms. The molecule has 1 N–H and O–H groups in total. The van der Waals surface area contributed by atoms with E-state index in [-0.39, 0.29) is 0 Å². The first-order valence-corrected chi connectivity index (χ1v) is 12.0. The van der Waals surface area contributed by atoms with Crippen molar-refractivity contribution in [2.45, 2.75) is 45.4 Å². The van der Waals surface area contributed by atoms with E-state index in [1.165, 1.54) is 39.9 Å². The van der Waals surface area contributed by atoms with Crippen molar-refractivity contribution >= 4 is 43.3 Å². The topological polar surface area (TPSA) is 53.9 Å². The van der Waals surface area contributed by atoms with E-state index in [0.717, 1.165) is 59.5 Å². The number of aromatic nitrogens is 3. The Morgan fingerprint density at radius 1 is 1.03 bits per heavy atom. The van der Waals surface area contributed by atoms with Crippen molar-refractivity contribution in [2.24, 2.45) is 0 Å². The Hall–Kier alpha value is -2.73. The first-order chi connectivity index (χ1) is 15.2. The number of fused-ring (bicyclic) bond motifs is 5. The first-order valence-electron chi connectivity index (χ1n) is 11.2. The Morgan fingerprint density at radius 3 is 2.61 bits per heavy atom. The van der Waals surface area contributed by atoms with Crippen molar-refractivity contribution in [1.82, 2.24) is 15.0 Å². The quantitative estimate of drug-likeness (QED) is 0.424. The molecule has 1 aliphatic rings. The fraction of sp³-hybridized carbons (Fsp3) is 0.400. The molecule has 5 rings (SSSR count). The number of anilines is 2. The van der Waals surface area contributed by atoms with Crippen molar-refractivity contribution in [3.63, 3.8) is 0 Å². The van der Waals surface area contributed by atoms with Gasteiger partial charge in [-0.15, -0.1) is 11.3 Å². The fourth-order valence-electron chi connectivity index (χ4n) is 4.63. The van der Waals surface area contributed by atoms with Crippen LogP contribution in [-0.4, -0.2) is 35.6 Å². The Kier molecular flexibility index (Phi) is 5.48. The molecule has 5 nitrogen and oxygen atoms in total. The highest BCUT2D eigenvalue weighted by Crippen LogP contribution is 2.41. The van der Waals surface area contributed by atoms with E-state index < -0.39 is 0 Å². The van der Waals surface area contributed by atoms with Gasteiger partial charge in [0.2, 0.25) is 0 Å². The van der Waals surface area contributed by atoms with E-state index >= 15 is 0 Å². The lowest BCUT2D eigenvalue weighted by molar-refractivity contribution is 0.856. The lowest BCUT2D eigenvalue weighted by atomic mass is 10.0. The predicted octanol–water partition coefficient (Wildman–Crippen LogP) is 5.40. The third kappa shape index (κ3) is 3.74. The van der Waals surface area contributed by atoms with Gasteiger partial charge in [0.15, 0.2) is 0 Å². The zero-order valence-corrected chi connectivity index (χ0v) is 19.4. The van der Waals surface area contributed by atoms with E-state index in [1.807, 2.05) is 0 Å². The number of nitrogens with zero attached hydrogens (tertiary/aromatic N) is 4. The van der Waals surface area contributed by atoms with Crippen LogP contribution >= 0.6 is 11.3 Å². The van der Waals surface area contributed by atoms with E-state index in [4.69, 9.17) is 9.97 Å². The maximum atomic E-state index is 5.08. The number of benzene rings is 1. The minimum atomic E-state index is 0.842. The van der Waals surface area contributed by atoms with Gasteiger partial charge in [0.05, 0.1) is 10.2 Å². The minimum absolute atomic E-state index is 0.842. The van der Waals surface area contributed by atoms with Crippen LogP contribution in [0.15, 0.2) is 30.6 Å². The number of thiophene rings is 1. The lowest BCUT2D eigenvalue weighted by Gasteiger charge is -2.13. The summed E-state index contributed by atoms with van der Waals surface area (Å²) in [6.07, 6.45) is 8.39. The van der Waals surface area contributed by atoms with Crippen LogP contribution in [0.4, 0.5) is 11.5 Å². The van der Waals surface area contributed by atoms with Crippen LogP contribution in [-0.2, 0) is 25.7 Å². The number of aryl methyl sites for hydroxylation is 2. The Labute approximate surface area is 187 Å². The molecule has 3 heterocycles. The molecular weight excluding hydrogens is 402 g/mol. The van der Waals surface area contributed by atoms with Gasteiger partial charge in [0.1, 0.15) is 17.0 Å². The SMILES string of the molecule is CCCc1nc2sc3c(NCCc4ccc(N(C)C)cc4)ncnc3c2c2c1CCC2. The summed E-state index contributed by atoms with van der Waals surface area (Å²) in [4.78, 5) is 17.6. The molecule has 1 aliphatic carbocycles. The van der Waals surface area contributed by atoms with Gasteiger partial charge in [-0.2, -0.15) is 0 Å². The molecule has 0 saturated carbocycles. The van der Waals surface area contributed by atoms with Crippen LogP contribution in [0.1, 0.15) is 42.1 Å². The molecule has 0 fully saturated rings. The molecule has 0 amide bonds. The predicted molar refractivity (Wildman–Crippen MR) is 132 cm³/mol. The molecule has 160 valence electrons. The van der Waals surface area contributed by atoms with Crippen molar-refractivity contribution in [2.75, 3.05) is 30.9 Å². The van der Waals surface area contributed by atoms with Crippen molar-refractivity contribution in [3.05, 3.63) is 53.0 Å². The first kappa shape index (κ1) is 20.2. The molecular formula is C25H29N5S. The zero-order valence-electron chi connectivity index (χ0n) is 18.5. The van der Waals surface area contributed by atoms with Crippen molar-refractivity contribution < 1.29 is 0 Å². The summed E-state index contributed by atoms with van der Waals surface area (Å²) in [5.74, 6) is 0.932. The number of hydrogen-bond acceptors (Lipinski definition) is 6. The smallest absolute Gasteiger partial charge is 0.147 e. The number of rotatable bonds is 7. The van der Waals surface area contributed by atoms with Gasteiger partial charge in [-0.3, -0.25) is 0 Å². The summed E-state index contributed by atoms with van der Waals surface area (Å²) >= 11 is 1.74. The molecule has 0 aliphatic heterocycles. The summed E-state index contributed by atoms with van der Waals surface area (Å²) in [5.41, 5.74) is 7.90. The van der Waals surface area contributed by atoms with Crippen molar-refractivity contribution in [1.29, 1.82) is 0 Å². The van der Waals surface area contributed by atoms with Crippen LogP contribution < -0.4 is 10.2 Å².